The Morgan fingerprint density at radius 3 is 2.90 bits per heavy atom. The lowest BCUT2D eigenvalue weighted by molar-refractivity contribution is 0.337. The minimum atomic E-state index is 0.553. The van der Waals surface area contributed by atoms with E-state index in [-0.39, 0.29) is 0 Å². The van der Waals surface area contributed by atoms with Gasteiger partial charge in [0.1, 0.15) is 0 Å². The number of halogens is 1. The Bertz CT molecular complexity index is 436. The van der Waals surface area contributed by atoms with Crippen molar-refractivity contribution in [3.05, 3.63) is 28.2 Å². The van der Waals surface area contributed by atoms with Gasteiger partial charge in [-0.25, -0.2) is 0 Å². The van der Waals surface area contributed by atoms with Crippen LogP contribution in [0.2, 0.25) is 0 Å². The number of rotatable bonds is 4. The van der Waals surface area contributed by atoms with Gasteiger partial charge in [0.15, 0.2) is 0 Å². The van der Waals surface area contributed by atoms with Gasteiger partial charge in [0.2, 0.25) is 0 Å². The first-order valence-corrected chi connectivity index (χ1v) is 8.35. The first-order chi connectivity index (χ1) is 9.61. The highest BCUT2D eigenvalue weighted by molar-refractivity contribution is 9.10. The van der Waals surface area contributed by atoms with E-state index in [2.05, 4.69) is 70.1 Å². The summed E-state index contributed by atoms with van der Waals surface area (Å²) in [5, 5.41) is 3.45. The Hall–Kier alpha value is -0.580. The van der Waals surface area contributed by atoms with Crippen molar-refractivity contribution in [3.8, 4) is 0 Å². The van der Waals surface area contributed by atoms with Crippen molar-refractivity contribution in [3.63, 3.8) is 0 Å². The second-order valence-electron chi connectivity index (χ2n) is 5.71. The second-order valence-corrected chi connectivity index (χ2v) is 6.63. The van der Waals surface area contributed by atoms with E-state index in [1.807, 2.05) is 0 Å². The molecule has 1 fully saturated rings. The molecule has 0 bridgehead atoms. The van der Waals surface area contributed by atoms with Crippen molar-refractivity contribution in [1.29, 1.82) is 0 Å². The second kappa shape index (κ2) is 7.43. The van der Waals surface area contributed by atoms with Crippen LogP contribution in [-0.2, 0) is 6.54 Å². The molecule has 1 heterocycles. The standard InChI is InChI=1S/C16H26BrN3/c1-4-18-11-14-6-7-15(17)10-16(14)20-9-5-8-19(3)12-13(20)2/h6-7,10,13,18H,4-5,8-9,11-12H2,1-3H3. The molecule has 1 atom stereocenters. The molecule has 1 aromatic carbocycles. The molecule has 0 aromatic heterocycles. The van der Waals surface area contributed by atoms with Crippen LogP contribution in [0.4, 0.5) is 5.69 Å². The maximum atomic E-state index is 3.62. The Kier molecular flexibility index (Phi) is 5.87. The Morgan fingerprint density at radius 1 is 1.35 bits per heavy atom. The highest BCUT2D eigenvalue weighted by Crippen LogP contribution is 2.28. The van der Waals surface area contributed by atoms with E-state index in [1.165, 1.54) is 24.2 Å². The quantitative estimate of drug-likeness (QED) is 0.909. The van der Waals surface area contributed by atoms with Crippen LogP contribution in [0.1, 0.15) is 25.8 Å². The first-order valence-electron chi connectivity index (χ1n) is 7.56. The highest BCUT2D eigenvalue weighted by atomic mass is 79.9. The number of likely N-dealkylation sites (N-methyl/N-ethyl adjacent to an activating group) is 1. The van der Waals surface area contributed by atoms with E-state index in [9.17, 15) is 0 Å². The molecule has 1 aliphatic rings. The summed E-state index contributed by atoms with van der Waals surface area (Å²) in [5.74, 6) is 0. The molecule has 1 N–H and O–H groups in total. The van der Waals surface area contributed by atoms with Gasteiger partial charge in [-0.05, 0) is 51.2 Å². The van der Waals surface area contributed by atoms with Crippen molar-refractivity contribution in [1.82, 2.24) is 10.2 Å². The zero-order valence-corrected chi connectivity index (χ0v) is 14.4. The van der Waals surface area contributed by atoms with E-state index in [4.69, 9.17) is 0 Å². The van der Waals surface area contributed by atoms with Crippen molar-refractivity contribution in [2.75, 3.05) is 38.1 Å². The number of nitrogens with one attached hydrogen (secondary N) is 1. The summed E-state index contributed by atoms with van der Waals surface area (Å²) in [6, 6.07) is 7.21. The van der Waals surface area contributed by atoms with Gasteiger partial charge in [-0.2, -0.15) is 0 Å². The number of hydrogen-bond acceptors (Lipinski definition) is 3. The molecule has 0 radical (unpaired) electrons. The molecule has 0 amide bonds. The molecule has 1 aliphatic heterocycles. The molecular weight excluding hydrogens is 314 g/mol. The fraction of sp³-hybridized carbons (Fsp3) is 0.625. The summed E-state index contributed by atoms with van der Waals surface area (Å²) in [6.07, 6.45) is 1.23. The average molecular weight is 340 g/mol. The number of anilines is 1. The fourth-order valence-corrected chi connectivity index (χ4v) is 3.29. The van der Waals surface area contributed by atoms with Gasteiger partial charge in [-0.15, -0.1) is 0 Å². The van der Waals surface area contributed by atoms with Crippen LogP contribution in [0.5, 0.6) is 0 Å². The van der Waals surface area contributed by atoms with Gasteiger partial charge >= 0.3 is 0 Å². The van der Waals surface area contributed by atoms with Crippen LogP contribution in [0.3, 0.4) is 0 Å². The van der Waals surface area contributed by atoms with Gasteiger partial charge in [0.05, 0.1) is 0 Å². The van der Waals surface area contributed by atoms with Crippen molar-refractivity contribution >= 4 is 21.6 Å². The fourth-order valence-electron chi connectivity index (χ4n) is 2.94. The van der Waals surface area contributed by atoms with Crippen LogP contribution in [-0.4, -0.2) is 44.2 Å². The monoisotopic (exact) mass is 339 g/mol. The largest absolute Gasteiger partial charge is 0.367 e. The SMILES string of the molecule is CCNCc1ccc(Br)cc1N1CCCN(C)CC1C. The van der Waals surface area contributed by atoms with E-state index in [0.717, 1.165) is 30.7 Å². The topological polar surface area (TPSA) is 18.5 Å². The Morgan fingerprint density at radius 2 is 2.15 bits per heavy atom. The predicted molar refractivity (Wildman–Crippen MR) is 90.4 cm³/mol. The lowest BCUT2D eigenvalue weighted by Crippen LogP contribution is -2.38. The van der Waals surface area contributed by atoms with Crippen molar-refractivity contribution in [2.24, 2.45) is 0 Å². The molecule has 1 aromatic rings. The minimum absolute atomic E-state index is 0.553. The molecule has 0 aliphatic carbocycles. The van der Waals surface area contributed by atoms with Crippen molar-refractivity contribution < 1.29 is 0 Å². The molecule has 20 heavy (non-hydrogen) atoms. The first kappa shape index (κ1) is 15.8. The third-order valence-electron chi connectivity index (χ3n) is 3.97. The van der Waals surface area contributed by atoms with Crippen molar-refractivity contribution in [2.45, 2.75) is 32.9 Å². The zero-order valence-electron chi connectivity index (χ0n) is 12.8. The Balaban J connectivity index is 2.26. The van der Waals surface area contributed by atoms with Crippen LogP contribution < -0.4 is 10.2 Å². The molecule has 3 nitrogen and oxygen atoms in total. The minimum Gasteiger partial charge on any atom is -0.367 e. The maximum absolute atomic E-state index is 3.62. The highest BCUT2D eigenvalue weighted by Gasteiger charge is 2.21. The lowest BCUT2D eigenvalue weighted by atomic mass is 10.1. The summed E-state index contributed by atoms with van der Waals surface area (Å²) >= 11 is 3.62. The van der Waals surface area contributed by atoms with E-state index >= 15 is 0 Å². The third-order valence-corrected chi connectivity index (χ3v) is 4.46. The van der Waals surface area contributed by atoms with Gasteiger partial charge < -0.3 is 15.1 Å². The maximum Gasteiger partial charge on any atom is 0.0426 e. The summed E-state index contributed by atoms with van der Waals surface area (Å²) < 4.78 is 1.16. The van der Waals surface area contributed by atoms with Crippen LogP contribution in [0.15, 0.2) is 22.7 Å². The Labute approximate surface area is 131 Å². The molecule has 1 saturated heterocycles. The van der Waals surface area contributed by atoms with E-state index < -0.39 is 0 Å². The smallest absolute Gasteiger partial charge is 0.0426 e. The third kappa shape index (κ3) is 3.96. The molecule has 0 spiro atoms. The van der Waals surface area contributed by atoms with E-state index in [0.29, 0.717) is 6.04 Å². The molecule has 4 heteroatoms. The predicted octanol–water partition coefficient (Wildman–Crippen LogP) is 3.09. The zero-order chi connectivity index (χ0) is 14.5. The average Bonchev–Trinajstić information content (AvgIpc) is 2.58. The van der Waals surface area contributed by atoms with Gasteiger partial charge in [-0.1, -0.05) is 28.9 Å². The summed E-state index contributed by atoms with van der Waals surface area (Å²) in [4.78, 5) is 5.01. The molecule has 0 saturated carbocycles. The van der Waals surface area contributed by atoms with Gasteiger partial charge in [0.25, 0.3) is 0 Å². The number of benzene rings is 1. The van der Waals surface area contributed by atoms with Crippen LogP contribution in [0.25, 0.3) is 0 Å². The van der Waals surface area contributed by atoms with Gasteiger partial charge in [-0.3, -0.25) is 0 Å². The van der Waals surface area contributed by atoms with Crippen LogP contribution in [0, 0.1) is 0 Å². The summed E-state index contributed by atoms with van der Waals surface area (Å²) in [5.41, 5.74) is 2.77. The summed E-state index contributed by atoms with van der Waals surface area (Å²) in [6.45, 7) is 9.90. The summed E-state index contributed by atoms with van der Waals surface area (Å²) in [7, 11) is 2.22. The number of nitrogens with zero attached hydrogens (tertiary/aromatic N) is 2. The molecule has 112 valence electrons. The number of hydrogen-bond donors (Lipinski definition) is 1. The lowest BCUT2D eigenvalue weighted by Gasteiger charge is -2.32. The molecule has 1 unspecified atom stereocenters. The normalized spacial score (nSPS) is 21.0. The molecule has 2 rings (SSSR count). The van der Waals surface area contributed by atoms with Gasteiger partial charge in [0, 0.05) is 35.8 Å². The van der Waals surface area contributed by atoms with E-state index in [1.54, 1.807) is 0 Å². The van der Waals surface area contributed by atoms with Crippen LogP contribution >= 0.6 is 15.9 Å². The molecular formula is C16H26BrN3.